The van der Waals surface area contributed by atoms with Crippen molar-refractivity contribution in [2.24, 2.45) is 0 Å². The molecule has 0 aliphatic carbocycles. The number of rotatable bonds is 18. The Morgan fingerprint density at radius 1 is 0.396 bits per heavy atom. The van der Waals surface area contributed by atoms with Crippen LogP contribution in [-0.4, -0.2) is 255 Å². The topological polar surface area (TPSA) is 401 Å². The Kier molecular flexibility index (Phi) is 20.8. The van der Waals surface area contributed by atoms with Crippen molar-refractivity contribution in [3.05, 3.63) is 0 Å². The molecule has 12 unspecified atom stereocenters. The first-order valence-electron chi connectivity index (χ1n) is 14.9. The second kappa shape index (κ2) is 22.1. The lowest BCUT2D eigenvalue weighted by molar-refractivity contribution is -0.241. The molecule has 22 heteroatoms. The molecule has 0 aromatic rings. The SMILES string of the molecule is OCC(O)C(O)C(O)C(O)COC[C@H]1OC(CO)[C@@H](O)[C@@H](O)C1O.OCC(O)C(O)C(O)C(O)COC[C@H]1OC(CO)[C@@H](O)[C@@H](O)C1O. The average Bonchev–Trinajstić information content (AvgIpc) is 3.09. The Balaban J connectivity index is 0.000000480. The van der Waals surface area contributed by atoms with Gasteiger partial charge in [0.25, 0.3) is 0 Å². The molecule has 2 heterocycles. The fourth-order valence-electron chi connectivity index (χ4n) is 4.57. The van der Waals surface area contributed by atoms with Crippen molar-refractivity contribution in [2.45, 2.75) is 110 Å². The van der Waals surface area contributed by atoms with Gasteiger partial charge in [-0.1, -0.05) is 0 Å². The largest absolute Gasteiger partial charge is 0.394 e. The Morgan fingerprint density at radius 2 is 0.667 bits per heavy atom. The first-order valence-corrected chi connectivity index (χ1v) is 14.9. The van der Waals surface area contributed by atoms with E-state index < -0.39 is 150 Å². The predicted molar refractivity (Wildman–Crippen MR) is 151 cm³/mol. The van der Waals surface area contributed by atoms with Crippen molar-refractivity contribution in [3.63, 3.8) is 0 Å². The van der Waals surface area contributed by atoms with E-state index in [9.17, 15) is 71.5 Å². The van der Waals surface area contributed by atoms with Crippen molar-refractivity contribution in [3.8, 4) is 0 Å². The summed E-state index contributed by atoms with van der Waals surface area (Å²) < 4.78 is 20.4. The Hall–Kier alpha value is -0.880. The Bertz CT molecular complexity index is 776. The van der Waals surface area contributed by atoms with E-state index in [0.29, 0.717) is 0 Å². The summed E-state index contributed by atoms with van der Waals surface area (Å²) in [6, 6.07) is 0. The molecule has 0 saturated carbocycles. The molecule has 48 heavy (non-hydrogen) atoms. The van der Waals surface area contributed by atoms with Crippen molar-refractivity contribution in [2.75, 3.05) is 52.9 Å². The van der Waals surface area contributed by atoms with Gasteiger partial charge in [-0.15, -0.1) is 0 Å². The molecular formula is C26H52O22. The van der Waals surface area contributed by atoms with Gasteiger partial charge < -0.3 is 111 Å². The van der Waals surface area contributed by atoms with Crippen LogP contribution in [0.4, 0.5) is 0 Å². The summed E-state index contributed by atoms with van der Waals surface area (Å²) >= 11 is 0. The van der Waals surface area contributed by atoms with Crippen LogP contribution < -0.4 is 0 Å². The minimum Gasteiger partial charge on any atom is -0.394 e. The highest BCUT2D eigenvalue weighted by molar-refractivity contribution is 4.93. The number of hydrogen-bond donors (Lipinski definition) is 18. The first kappa shape index (κ1) is 45.1. The van der Waals surface area contributed by atoms with Gasteiger partial charge in [0.1, 0.15) is 110 Å². The lowest BCUT2D eigenvalue weighted by atomic mass is 9.95. The van der Waals surface area contributed by atoms with Crippen LogP contribution in [0.2, 0.25) is 0 Å². The zero-order chi connectivity index (χ0) is 36.9. The molecule has 2 saturated heterocycles. The summed E-state index contributed by atoms with van der Waals surface area (Å²) in [5, 5.41) is 169. The highest BCUT2D eigenvalue weighted by atomic mass is 16.6. The zero-order valence-corrected chi connectivity index (χ0v) is 25.7. The average molecular weight is 717 g/mol. The minimum absolute atomic E-state index is 0.343. The third kappa shape index (κ3) is 12.7. The molecule has 2 aliphatic heterocycles. The molecule has 0 amide bonds. The standard InChI is InChI=1S/2C13H26O11/c2*14-1-5(16)9(18)10(19)6(17)3-23-4-8-12(21)13(22)11(20)7(2-15)24-8/h2*5-22H,1-4H2/t2*5?,6?,7?,8-,9?,10?,11-,12?,13-/m11/s1. The van der Waals surface area contributed by atoms with Gasteiger partial charge in [-0.25, -0.2) is 0 Å². The maximum absolute atomic E-state index is 9.78. The molecule has 0 bridgehead atoms. The van der Waals surface area contributed by atoms with E-state index >= 15 is 0 Å². The zero-order valence-electron chi connectivity index (χ0n) is 25.7. The summed E-state index contributed by atoms with van der Waals surface area (Å²) in [6.45, 7) is -4.50. The predicted octanol–water partition coefficient (Wildman–Crippen LogP) is -11.4. The van der Waals surface area contributed by atoms with Gasteiger partial charge in [0.05, 0.1) is 52.9 Å². The Morgan fingerprint density at radius 3 is 0.938 bits per heavy atom. The van der Waals surface area contributed by atoms with Crippen LogP contribution in [0.1, 0.15) is 0 Å². The highest BCUT2D eigenvalue weighted by Crippen LogP contribution is 2.23. The van der Waals surface area contributed by atoms with Gasteiger partial charge in [0.15, 0.2) is 0 Å². The first-order chi connectivity index (χ1) is 22.5. The highest BCUT2D eigenvalue weighted by Gasteiger charge is 2.44. The van der Waals surface area contributed by atoms with Crippen LogP contribution in [0.15, 0.2) is 0 Å². The third-order valence-electron chi connectivity index (χ3n) is 7.77. The second-order valence-corrected chi connectivity index (χ2v) is 11.4. The smallest absolute Gasteiger partial charge is 0.111 e. The van der Waals surface area contributed by atoms with E-state index in [-0.39, 0.29) is 13.2 Å². The molecule has 2 rings (SSSR count). The quantitative estimate of drug-likeness (QED) is 0.0626. The molecule has 0 spiro atoms. The Labute approximate surface area is 274 Å². The summed E-state index contributed by atoms with van der Waals surface area (Å²) in [5.41, 5.74) is 0. The number of ether oxygens (including phenoxy) is 4. The van der Waals surface area contributed by atoms with Gasteiger partial charge in [0, 0.05) is 0 Å². The van der Waals surface area contributed by atoms with E-state index in [1.54, 1.807) is 0 Å². The van der Waals surface area contributed by atoms with Gasteiger partial charge in [-0.05, 0) is 0 Å². The fraction of sp³-hybridized carbons (Fsp3) is 1.00. The molecule has 18 N–H and O–H groups in total. The monoisotopic (exact) mass is 716 g/mol. The van der Waals surface area contributed by atoms with Crippen molar-refractivity contribution in [1.82, 2.24) is 0 Å². The maximum Gasteiger partial charge on any atom is 0.111 e. The normalized spacial score (nSPS) is 36.1. The third-order valence-corrected chi connectivity index (χ3v) is 7.77. The second-order valence-electron chi connectivity index (χ2n) is 11.4. The fourth-order valence-corrected chi connectivity index (χ4v) is 4.57. The van der Waals surface area contributed by atoms with Gasteiger partial charge >= 0.3 is 0 Å². The van der Waals surface area contributed by atoms with Gasteiger partial charge in [-0.2, -0.15) is 0 Å². The van der Waals surface area contributed by atoms with Crippen LogP contribution in [-0.2, 0) is 18.9 Å². The van der Waals surface area contributed by atoms with E-state index in [1.165, 1.54) is 0 Å². The summed E-state index contributed by atoms with van der Waals surface area (Å²) in [4.78, 5) is 0. The molecular weight excluding hydrogens is 664 g/mol. The number of hydrogen-bond acceptors (Lipinski definition) is 22. The maximum atomic E-state index is 9.78. The number of aliphatic hydroxyl groups is 18. The number of aliphatic hydroxyl groups excluding tert-OH is 18. The van der Waals surface area contributed by atoms with Crippen LogP contribution in [0.25, 0.3) is 0 Å². The van der Waals surface area contributed by atoms with Gasteiger partial charge in [-0.3, -0.25) is 0 Å². The van der Waals surface area contributed by atoms with E-state index in [4.69, 9.17) is 39.4 Å². The lowest BCUT2D eigenvalue weighted by Gasteiger charge is -2.40. The van der Waals surface area contributed by atoms with Crippen LogP contribution >= 0.6 is 0 Å². The summed E-state index contributed by atoms with van der Waals surface area (Å²) in [5.74, 6) is 0. The van der Waals surface area contributed by atoms with E-state index in [0.717, 1.165) is 0 Å². The van der Waals surface area contributed by atoms with E-state index in [2.05, 4.69) is 0 Å². The van der Waals surface area contributed by atoms with Crippen LogP contribution in [0.3, 0.4) is 0 Å². The molecule has 0 aromatic carbocycles. The van der Waals surface area contributed by atoms with Crippen LogP contribution in [0, 0.1) is 0 Å². The molecule has 288 valence electrons. The minimum atomic E-state index is -1.79. The molecule has 2 fully saturated rings. The van der Waals surface area contributed by atoms with Crippen molar-refractivity contribution >= 4 is 0 Å². The molecule has 0 radical (unpaired) electrons. The lowest BCUT2D eigenvalue weighted by Crippen LogP contribution is -2.59. The molecule has 2 aliphatic rings. The molecule has 22 nitrogen and oxygen atoms in total. The summed E-state index contributed by atoms with van der Waals surface area (Å²) in [7, 11) is 0. The summed E-state index contributed by atoms with van der Waals surface area (Å²) in [6.07, 6.45) is -27.1. The van der Waals surface area contributed by atoms with Gasteiger partial charge in [0.2, 0.25) is 0 Å². The van der Waals surface area contributed by atoms with Crippen LogP contribution in [0.5, 0.6) is 0 Å². The van der Waals surface area contributed by atoms with Crippen molar-refractivity contribution < 1.29 is 111 Å². The molecule has 0 aromatic heterocycles. The van der Waals surface area contributed by atoms with E-state index in [1.807, 2.05) is 0 Å². The molecule has 18 atom stereocenters. The van der Waals surface area contributed by atoms with Crippen molar-refractivity contribution in [1.29, 1.82) is 0 Å².